The zero-order valence-corrected chi connectivity index (χ0v) is 13.0. The number of allylic oxidation sites excluding steroid dienone is 1. The molecular weight excluding hydrogens is 250 g/mol. The zero-order chi connectivity index (χ0) is 15.2. The quantitative estimate of drug-likeness (QED) is 0.677. The maximum atomic E-state index is 11.5. The summed E-state index contributed by atoms with van der Waals surface area (Å²) in [6.45, 7) is 13.9. The number of rotatable bonds is 3. The summed E-state index contributed by atoms with van der Waals surface area (Å²) in [4.78, 5) is 13.3. The number of hydrogen-bond acceptors (Lipinski definition) is 2. The molecule has 108 valence electrons. The first-order chi connectivity index (χ1) is 9.20. The number of amides is 1. The minimum absolute atomic E-state index is 0.242. The first-order valence-corrected chi connectivity index (χ1v) is 6.93. The van der Waals surface area contributed by atoms with Crippen LogP contribution in [0.5, 0.6) is 5.75 Å². The summed E-state index contributed by atoms with van der Waals surface area (Å²) >= 11 is 0. The van der Waals surface area contributed by atoms with Gasteiger partial charge in [0.15, 0.2) is 0 Å². The van der Waals surface area contributed by atoms with Gasteiger partial charge in [-0.05, 0) is 64.2 Å². The number of fused-ring (bicyclic) bond motifs is 1. The van der Waals surface area contributed by atoms with Gasteiger partial charge in [-0.3, -0.25) is 4.79 Å². The average molecular weight is 273 g/mol. The highest BCUT2D eigenvalue weighted by Gasteiger charge is 2.39. The Morgan fingerprint density at radius 1 is 1.40 bits per heavy atom. The zero-order valence-electron chi connectivity index (χ0n) is 13.0. The van der Waals surface area contributed by atoms with Crippen molar-refractivity contribution in [3.8, 4) is 5.75 Å². The van der Waals surface area contributed by atoms with E-state index in [1.807, 2.05) is 20.8 Å². The van der Waals surface area contributed by atoms with Crippen LogP contribution in [0.4, 0.5) is 5.69 Å². The fraction of sp³-hybridized carbons (Fsp3) is 0.471. The Morgan fingerprint density at radius 3 is 2.50 bits per heavy atom. The monoisotopic (exact) mass is 273 g/mol. The van der Waals surface area contributed by atoms with E-state index in [9.17, 15) is 9.90 Å². The maximum Gasteiger partial charge on any atom is 0.214 e. The van der Waals surface area contributed by atoms with E-state index in [1.54, 1.807) is 4.90 Å². The number of benzene rings is 1. The van der Waals surface area contributed by atoms with E-state index in [2.05, 4.69) is 20.4 Å². The van der Waals surface area contributed by atoms with Crippen molar-refractivity contribution in [2.24, 2.45) is 0 Å². The second-order valence-electron chi connectivity index (χ2n) is 6.50. The molecule has 0 fully saturated rings. The van der Waals surface area contributed by atoms with Crippen molar-refractivity contribution in [1.82, 2.24) is 0 Å². The van der Waals surface area contributed by atoms with Crippen LogP contribution in [0.15, 0.2) is 12.2 Å². The third-order valence-corrected chi connectivity index (χ3v) is 4.27. The molecule has 0 saturated heterocycles. The molecule has 0 saturated carbocycles. The third kappa shape index (κ3) is 2.01. The lowest BCUT2D eigenvalue weighted by Crippen LogP contribution is -2.40. The predicted molar refractivity (Wildman–Crippen MR) is 82.4 cm³/mol. The van der Waals surface area contributed by atoms with Gasteiger partial charge < -0.3 is 10.0 Å². The van der Waals surface area contributed by atoms with Crippen LogP contribution in [0, 0.1) is 13.8 Å². The van der Waals surface area contributed by atoms with Crippen LogP contribution in [0.1, 0.15) is 43.0 Å². The summed E-state index contributed by atoms with van der Waals surface area (Å²) in [5.74, 6) is 0.354. The van der Waals surface area contributed by atoms with Gasteiger partial charge in [0.2, 0.25) is 6.41 Å². The number of carbonyl (C=O) groups excluding carboxylic acids is 1. The van der Waals surface area contributed by atoms with Crippen LogP contribution in [-0.2, 0) is 17.6 Å². The van der Waals surface area contributed by atoms with Crippen molar-refractivity contribution < 1.29 is 9.90 Å². The number of nitrogens with zero attached hydrogens (tertiary/aromatic N) is 1. The van der Waals surface area contributed by atoms with Crippen LogP contribution in [0.25, 0.3) is 0 Å². The lowest BCUT2D eigenvalue weighted by molar-refractivity contribution is -0.108. The molecule has 0 unspecified atom stereocenters. The van der Waals surface area contributed by atoms with E-state index in [-0.39, 0.29) is 5.54 Å². The van der Waals surface area contributed by atoms with E-state index in [0.29, 0.717) is 12.2 Å². The lowest BCUT2D eigenvalue weighted by Gasteiger charge is -2.29. The van der Waals surface area contributed by atoms with Gasteiger partial charge in [0.05, 0.1) is 5.69 Å². The van der Waals surface area contributed by atoms with Crippen molar-refractivity contribution >= 4 is 12.1 Å². The molecule has 3 nitrogen and oxygen atoms in total. The van der Waals surface area contributed by atoms with Crippen molar-refractivity contribution in [3.05, 3.63) is 34.4 Å². The summed E-state index contributed by atoms with van der Waals surface area (Å²) in [5, 5.41) is 10.5. The Hall–Kier alpha value is -1.77. The highest BCUT2D eigenvalue weighted by atomic mass is 16.3. The Bertz CT molecular complexity index is 600. The predicted octanol–water partition coefficient (Wildman–Crippen LogP) is 3.43. The SMILES string of the molecule is C=C(C)Cc1c(C)c2c(c(C)c1O)CC(C)(C)N2C=O. The van der Waals surface area contributed by atoms with Crippen molar-refractivity contribution in [2.75, 3.05) is 4.90 Å². The van der Waals surface area contributed by atoms with Crippen molar-refractivity contribution in [1.29, 1.82) is 0 Å². The molecule has 0 bridgehead atoms. The van der Waals surface area contributed by atoms with Crippen molar-refractivity contribution in [3.63, 3.8) is 0 Å². The molecular formula is C17H23NO2. The summed E-state index contributed by atoms with van der Waals surface area (Å²) in [6, 6.07) is 0. The first kappa shape index (κ1) is 14.6. The van der Waals surface area contributed by atoms with Crippen molar-refractivity contribution in [2.45, 2.75) is 53.0 Å². The minimum atomic E-state index is -0.242. The van der Waals surface area contributed by atoms with E-state index >= 15 is 0 Å². The van der Waals surface area contributed by atoms with Gasteiger partial charge in [-0.15, -0.1) is 0 Å². The fourth-order valence-electron chi connectivity index (χ4n) is 3.17. The Kier molecular flexibility index (Phi) is 3.41. The summed E-state index contributed by atoms with van der Waals surface area (Å²) in [7, 11) is 0. The minimum Gasteiger partial charge on any atom is -0.507 e. The van der Waals surface area contributed by atoms with Gasteiger partial charge in [-0.25, -0.2) is 0 Å². The Morgan fingerprint density at radius 2 is 2.00 bits per heavy atom. The molecule has 1 aliphatic heterocycles. The molecule has 0 radical (unpaired) electrons. The van der Waals surface area contributed by atoms with Gasteiger partial charge in [-0.2, -0.15) is 0 Å². The average Bonchev–Trinajstić information content (AvgIpc) is 2.62. The van der Waals surface area contributed by atoms with E-state index in [0.717, 1.165) is 46.3 Å². The van der Waals surface area contributed by atoms with Crippen LogP contribution >= 0.6 is 0 Å². The summed E-state index contributed by atoms with van der Waals surface area (Å²) in [5.41, 5.74) is 5.58. The second-order valence-corrected chi connectivity index (χ2v) is 6.50. The maximum absolute atomic E-state index is 11.5. The summed E-state index contributed by atoms with van der Waals surface area (Å²) in [6.07, 6.45) is 2.31. The molecule has 1 N–H and O–H groups in total. The molecule has 1 amide bonds. The highest BCUT2D eigenvalue weighted by Crippen LogP contribution is 2.46. The largest absolute Gasteiger partial charge is 0.507 e. The second kappa shape index (κ2) is 4.65. The Labute approximate surface area is 120 Å². The van der Waals surface area contributed by atoms with Crippen LogP contribution in [0.3, 0.4) is 0 Å². The van der Waals surface area contributed by atoms with E-state index in [4.69, 9.17) is 0 Å². The van der Waals surface area contributed by atoms with Gasteiger partial charge in [-0.1, -0.05) is 12.2 Å². The van der Waals surface area contributed by atoms with Crippen LogP contribution < -0.4 is 4.90 Å². The lowest BCUT2D eigenvalue weighted by atomic mass is 9.91. The number of phenolic OH excluding ortho intramolecular Hbond substituents is 1. The number of anilines is 1. The van der Waals surface area contributed by atoms with E-state index < -0.39 is 0 Å². The first-order valence-electron chi connectivity index (χ1n) is 6.93. The van der Waals surface area contributed by atoms with E-state index in [1.165, 1.54) is 0 Å². The van der Waals surface area contributed by atoms with Gasteiger partial charge in [0.1, 0.15) is 5.75 Å². The molecule has 0 spiro atoms. The molecule has 1 aromatic rings. The molecule has 0 aliphatic carbocycles. The normalized spacial score (nSPS) is 16.1. The molecule has 2 rings (SSSR count). The standard InChI is InChI=1S/C17H23NO2/c1-10(2)7-13-11(3)15-14(12(4)16(13)20)8-17(5,6)18(15)9-19/h9,20H,1,7-8H2,2-6H3. The van der Waals surface area contributed by atoms with Crippen LogP contribution in [-0.4, -0.2) is 17.1 Å². The Balaban J connectivity index is 2.74. The topological polar surface area (TPSA) is 40.5 Å². The molecule has 1 aliphatic rings. The van der Waals surface area contributed by atoms with Crippen LogP contribution in [0.2, 0.25) is 0 Å². The van der Waals surface area contributed by atoms with Gasteiger partial charge >= 0.3 is 0 Å². The number of phenols is 1. The molecule has 1 heterocycles. The molecule has 20 heavy (non-hydrogen) atoms. The molecule has 3 heteroatoms. The molecule has 0 aromatic heterocycles. The van der Waals surface area contributed by atoms with Gasteiger partial charge in [0, 0.05) is 11.1 Å². The third-order valence-electron chi connectivity index (χ3n) is 4.27. The number of hydrogen-bond donors (Lipinski definition) is 1. The molecule has 0 atom stereocenters. The fourth-order valence-corrected chi connectivity index (χ4v) is 3.17. The number of aromatic hydroxyl groups is 1. The molecule has 1 aromatic carbocycles. The number of carbonyl (C=O) groups is 1. The highest BCUT2D eigenvalue weighted by molar-refractivity contribution is 5.86. The summed E-state index contributed by atoms with van der Waals surface area (Å²) < 4.78 is 0. The smallest absolute Gasteiger partial charge is 0.214 e. The van der Waals surface area contributed by atoms with Gasteiger partial charge in [0.25, 0.3) is 0 Å².